The Balaban J connectivity index is 1.66. The van der Waals surface area contributed by atoms with Crippen molar-refractivity contribution in [3.05, 3.63) is 83.1 Å². The number of benzene rings is 3. The molecule has 0 heterocycles. The predicted molar refractivity (Wildman–Crippen MR) is 123 cm³/mol. The van der Waals surface area contributed by atoms with Gasteiger partial charge in [-0.1, -0.05) is 24.6 Å². The van der Waals surface area contributed by atoms with Gasteiger partial charge in [0, 0.05) is 10.7 Å². The first-order valence-electron chi connectivity index (χ1n) is 9.80. The van der Waals surface area contributed by atoms with Crippen molar-refractivity contribution in [2.45, 2.75) is 31.3 Å². The molecule has 0 spiro atoms. The molecule has 0 aliphatic rings. The summed E-state index contributed by atoms with van der Waals surface area (Å²) >= 11 is 6.05. The minimum atomic E-state index is -3.83. The number of hydrogen-bond acceptors (Lipinski definition) is 4. The lowest BCUT2D eigenvalue weighted by molar-refractivity contribution is -0.122. The quantitative estimate of drug-likeness (QED) is 0.457. The molecule has 3 rings (SSSR count). The molecule has 0 fully saturated rings. The van der Waals surface area contributed by atoms with Crippen molar-refractivity contribution in [3.63, 3.8) is 0 Å². The van der Waals surface area contributed by atoms with Gasteiger partial charge in [0.2, 0.25) is 0 Å². The fourth-order valence-corrected chi connectivity index (χ4v) is 4.04. The standard InChI is InChI=1S/C23H22ClFN2O4S/c1-3-22(31-19-10-5-16(25)6-11-19)23(28)26-17-8-12-20(13-9-17)32(29,30)27-18-7-4-15(2)21(24)14-18/h4-14,22,27H,3H2,1-2H3,(H,26,28)/t22-/m0/s1. The van der Waals surface area contributed by atoms with E-state index >= 15 is 0 Å². The molecule has 0 saturated heterocycles. The summed E-state index contributed by atoms with van der Waals surface area (Å²) in [6.45, 7) is 3.61. The Kier molecular flexibility index (Phi) is 7.37. The Hall–Kier alpha value is -3.10. The minimum absolute atomic E-state index is 0.0294. The maximum atomic E-state index is 13.0. The van der Waals surface area contributed by atoms with Crippen LogP contribution in [0, 0.1) is 12.7 Å². The number of hydrogen-bond donors (Lipinski definition) is 2. The topological polar surface area (TPSA) is 84.5 Å². The SMILES string of the molecule is CC[C@H](Oc1ccc(F)cc1)C(=O)Nc1ccc(S(=O)(=O)Nc2ccc(C)c(Cl)c2)cc1. The van der Waals surface area contributed by atoms with Crippen LogP contribution in [-0.2, 0) is 14.8 Å². The van der Waals surface area contributed by atoms with Gasteiger partial charge in [0.1, 0.15) is 11.6 Å². The Labute approximate surface area is 191 Å². The second-order valence-corrected chi connectivity index (χ2v) is 9.14. The Morgan fingerprint density at radius 2 is 1.66 bits per heavy atom. The number of sulfonamides is 1. The molecule has 3 aromatic rings. The van der Waals surface area contributed by atoms with Crippen LogP contribution in [0.25, 0.3) is 0 Å². The van der Waals surface area contributed by atoms with Crippen LogP contribution in [0.5, 0.6) is 5.75 Å². The van der Waals surface area contributed by atoms with Crippen LogP contribution in [0.2, 0.25) is 5.02 Å². The van der Waals surface area contributed by atoms with Crippen molar-refractivity contribution in [3.8, 4) is 5.75 Å². The number of amides is 1. The molecular formula is C23H22ClFN2O4S. The first-order chi connectivity index (χ1) is 15.2. The normalized spacial score (nSPS) is 12.1. The third kappa shape index (κ3) is 5.99. The van der Waals surface area contributed by atoms with E-state index in [0.717, 1.165) is 5.56 Å². The average Bonchev–Trinajstić information content (AvgIpc) is 2.76. The highest BCUT2D eigenvalue weighted by atomic mass is 35.5. The first kappa shape index (κ1) is 23.6. The summed E-state index contributed by atoms with van der Waals surface area (Å²) in [6, 6.07) is 16.0. The summed E-state index contributed by atoms with van der Waals surface area (Å²) in [4.78, 5) is 12.6. The number of nitrogens with one attached hydrogen (secondary N) is 2. The summed E-state index contributed by atoms with van der Waals surface area (Å²) in [6.07, 6.45) is -0.407. The van der Waals surface area contributed by atoms with Gasteiger partial charge in [-0.3, -0.25) is 9.52 Å². The van der Waals surface area contributed by atoms with Gasteiger partial charge in [-0.05, 0) is 79.6 Å². The van der Waals surface area contributed by atoms with E-state index in [-0.39, 0.29) is 4.90 Å². The van der Waals surface area contributed by atoms with Crippen LogP contribution in [0.4, 0.5) is 15.8 Å². The number of rotatable bonds is 8. The first-order valence-corrected chi connectivity index (χ1v) is 11.7. The number of aryl methyl sites for hydroxylation is 1. The number of ether oxygens (including phenoxy) is 1. The Morgan fingerprint density at radius 1 is 1.03 bits per heavy atom. The maximum absolute atomic E-state index is 13.0. The number of halogens is 2. The van der Waals surface area contributed by atoms with Crippen LogP contribution >= 0.6 is 11.6 Å². The van der Waals surface area contributed by atoms with Crippen LogP contribution in [-0.4, -0.2) is 20.4 Å². The van der Waals surface area contributed by atoms with Crippen molar-refractivity contribution in [1.29, 1.82) is 0 Å². The zero-order valence-electron chi connectivity index (χ0n) is 17.4. The Morgan fingerprint density at radius 3 is 2.25 bits per heavy atom. The van der Waals surface area contributed by atoms with E-state index in [0.29, 0.717) is 28.6 Å². The molecule has 9 heteroatoms. The summed E-state index contributed by atoms with van der Waals surface area (Å²) in [5.74, 6) is -0.429. The van der Waals surface area contributed by atoms with Gasteiger partial charge in [0.25, 0.3) is 15.9 Å². The van der Waals surface area contributed by atoms with Crippen molar-refractivity contribution in [2.24, 2.45) is 0 Å². The van der Waals surface area contributed by atoms with Gasteiger partial charge in [-0.2, -0.15) is 0 Å². The lowest BCUT2D eigenvalue weighted by Gasteiger charge is -2.17. The number of carbonyl (C=O) groups excluding carboxylic acids is 1. The average molecular weight is 477 g/mol. The van der Waals surface area contributed by atoms with E-state index in [1.54, 1.807) is 19.1 Å². The van der Waals surface area contributed by atoms with Crippen LogP contribution in [0.15, 0.2) is 71.6 Å². The van der Waals surface area contributed by atoms with Gasteiger partial charge in [0.05, 0.1) is 10.6 Å². The number of carbonyl (C=O) groups is 1. The summed E-state index contributed by atoms with van der Waals surface area (Å²) in [5, 5.41) is 3.15. The van der Waals surface area contributed by atoms with Gasteiger partial charge in [-0.25, -0.2) is 12.8 Å². The van der Waals surface area contributed by atoms with Crippen LogP contribution in [0.3, 0.4) is 0 Å². The second kappa shape index (κ2) is 10.0. The lowest BCUT2D eigenvalue weighted by atomic mass is 10.2. The molecule has 0 bridgehead atoms. The van der Waals surface area contributed by atoms with Gasteiger partial charge in [0.15, 0.2) is 6.10 Å². The van der Waals surface area contributed by atoms with Crippen molar-refractivity contribution in [2.75, 3.05) is 10.0 Å². The molecule has 0 aromatic heterocycles. The monoisotopic (exact) mass is 476 g/mol. The van der Waals surface area contributed by atoms with Crippen molar-refractivity contribution in [1.82, 2.24) is 0 Å². The molecule has 168 valence electrons. The third-order valence-corrected chi connectivity index (χ3v) is 6.42. The lowest BCUT2D eigenvalue weighted by Crippen LogP contribution is -2.32. The summed E-state index contributed by atoms with van der Waals surface area (Å²) in [5.41, 5.74) is 1.60. The van der Waals surface area contributed by atoms with Crippen molar-refractivity contribution >= 4 is 38.9 Å². The van der Waals surface area contributed by atoms with Gasteiger partial charge >= 0.3 is 0 Å². The molecule has 0 unspecified atom stereocenters. The molecule has 3 aromatic carbocycles. The summed E-state index contributed by atoms with van der Waals surface area (Å²) in [7, 11) is -3.83. The molecule has 1 amide bonds. The van der Waals surface area contributed by atoms with Crippen LogP contribution < -0.4 is 14.8 Å². The van der Waals surface area contributed by atoms with E-state index in [2.05, 4.69) is 10.0 Å². The smallest absolute Gasteiger partial charge is 0.265 e. The molecule has 0 aliphatic heterocycles. The van der Waals surface area contributed by atoms with Crippen molar-refractivity contribution < 1.29 is 22.3 Å². The van der Waals surface area contributed by atoms with E-state index < -0.39 is 27.9 Å². The molecule has 1 atom stereocenters. The molecule has 6 nitrogen and oxygen atoms in total. The van der Waals surface area contributed by atoms with E-state index in [9.17, 15) is 17.6 Å². The fourth-order valence-electron chi connectivity index (χ4n) is 2.81. The van der Waals surface area contributed by atoms with Gasteiger partial charge < -0.3 is 10.1 Å². The molecule has 0 radical (unpaired) electrons. The largest absolute Gasteiger partial charge is 0.481 e. The second-order valence-electron chi connectivity index (χ2n) is 7.05. The molecule has 2 N–H and O–H groups in total. The van der Waals surface area contributed by atoms with Crippen LogP contribution in [0.1, 0.15) is 18.9 Å². The minimum Gasteiger partial charge on any atom is -0.481 e. The van der Waals surface area contributed by atoms with E-state index in [1.165, 1.54) is 54.6 Å². The van der Waals surface area contributed by atoms with Gasteiger partial charge in [-0.15, -0.1) is 0 Å². The highest BCUT2D eigenvalue weighted by Crippen LogP contribution is 2.23. The zero-order valence-corrected chi connectivity index (χ0v) is 19.0. The third-order valence-electron chi connectivity index (χ3n) is 4.61. The highest BCUT2D eigenvalue weighted by molar-refractivity contribution is 7.92. The molecular weight excluding hydrogens is 455 g/mol. The number of anilines is 2. The Bertz CT molecular complexity index is 1200. The maximum Gasteiger partial charge on any atom is 0.265 e. The molecule has 0 saturated carbocycles. The zero-order chi connectivity index (χ0) is 23.3. The highest BCUT2D eigenvalue weighted by Gasteiger charge is 2.20. The fraction of sp³-hybridized carbons (Fsp3) is 0.174. The van der Waals surface area contributed by atoms with E-state index in [4.69, 9.17) is 16.3 Å². The molecule has 32 heavy (non-hydrogen) atoms. The van der Waals surface area contributed by atoms with E-state index in [1.807, 2.05) is 6.92 Å². The molecule has 0 aliphatic carbocycles. The predicted octanol–water partition coefficient (Wildman–Crippen LogP) is 5.38. The summed E-state index contributed by atoms with van der Waals surface area (Å²) < 4.78 is 46.4.